The van der Waals surface area contributed by atoms with E-state index in [4.69, 9.17) is 4.74 Å². The number of anilines is 1. The van der Waals surface area contributed by atoms with Crippen LogP contribution in [0.4, 0.5) is 5.69 Å². The van der Waals surface area contributed by atoms with Crippen LogP contribution in [0.3, 0.4) is 0 Å². The van der Waals surface area contributed by atoms with Crippen LogP contribution in [0.1, 0.15) is 57.9 Å². The zero-order valence-corrected chi connectivity index (χ0v) is 17.7. The van der Waals surface area contributed by atoms with E-state index >= 15 is 0 Å². The van der Waals surface area contributed by atoms with E-state index < -0.39 is 18.0 Å². The van der Waals surface area contributed by atoms with Crippen molar-refractivity contribution in [1.29, 1.82) is 0 Å². The van der Waals surface area contributed by atoms with E-state index in [1.807, 2.05) is 31.2 Å². The van der Waals surface area contributed by atoms with Gasteiger partial charge in [0.05, 0.1) is 5.92 Å². The molecule has 1 aliphatic carbocycles. The largest absolute Gasteiger partial charge is 0.452 e. The molecule has 1 saturated carbocycles. The summed E-state index contributed by atoms with van der Waals surface area (Å²) in [5, 5.41) is 0. The average molecular weight is 401 g/mol. The first-order valence-corrected chi connectivity index (χ1v) is 10.8. The molecule has 0 bridgehead atoms. The average Bonchev–Trinajstić information content (AvgIpc) is 3.14. The molecular weight excluding hydrogens is 368 g/mol. The molecule has 2 atom stereocenters. The van der Waals surface area contributed by atoms with Crippen LogP contribution in [0.2, 0.25) is 0 Å². The van der Waals surface area contributed by atoms with Crippen molar-refractivity contribution < 1.29 is 19.1 Å². The van der Waals surface area contributed by atoms with E-state index in [1.165, 1.54) is 6.42 Å². The Kier molecular flexibility index (Phi) is 6.93. The van der Waals surface area contributed by atoms with E-state index in [-0.39, 0.29) is 24.3 Å². The predicted octanol–water partition coefficient (Wildman–Crippen LogP) is 3.32. The molecule has 6 nitrogen and oxygen atoms in total. The first kappa shape index (κ1) is 21.3. The highest BCUT2D eigenvalue weighted by atomic mass is 16.5. The van der Waals surface area contributed by atoms with Crippen molar-refractivity contribution in [3.8, 4) is 0 Å². The molecule has 1 heterocycles. The van der Waals surface area contributed by atoms with E-state index in [2.05, 4.69) is 0 Å². The highest BCUT2D eigenvalue weighted by Crippen LogP contribution is 2.29. The normalized spacial score (nSPS) is 21.1. The summed E-state index contributed by atoms with van der Waals surface area (Å²) in [6, 6.07) is 7.98. The number of aryl methyl sites for hydroxylation is 1. The molecule has 6 heteroatoms. The summed E-state index contributed by atoms with van der Waals surface area (Å²) in [6.07, 6.45) is 5.60. The highest BCUT2D eigenvalue weighted by molar-refractivity contribution is 6.00. The van der Waals surface area contributed by atoms with Crippen LogP contribution in [-0.2, 0) is 25.5 Å². The van der Waals surface area contributed by atoms with Gasteiger partial charge in [-0.05, 0) is 37.8 Å². The van der Waals surface area contributed by atoms with Crippen LogP contribution >= 0.6 is 0 Å². The molecule has 1 aliphatic heterocycles. The van der Waals surface area contributed by atoms with E-state index in [1.54, 1.807) is 23.8 Å². The Bertz CT molecular complexity index is 757. The van der Waals surface area contributed by atoms with E-state index in [9.17, 15) is 14.4 Å². The van der Waals surface area contributed by atoms with E-state index in [0.717, 1.165) is 43.4 Å². The fourth-order valence-electron chi connectivity index (χ4n) is 4.43. The van der Waals surface area contributed by atoms with Crippen molar-refractivity contribution in [3.63, 3.8) is 0 Å². The maximum atomic E-state index is 12.7. The van der Waals surface area contributed by atoms with Crippen molar-refractivity contribution in [2.75, 3.05) is 18.5 Å². The van der Waals surface area contributed by atoms with Gasteiger partial charge in [-0.15, -0.1) is 0 Å². The number of carbonyl (C=O) groups is 3. The van der Waals surface area contributed by atoms with Gasteiger partial charge in [0.2, 0.25) is 5.91 Å². The van der Waals surface area contributed by atoms with Gasteiger partial charge in [-0.3, -0.25) is 14.4 Å². The second kappa shape index (κ2) is 9.42. The molecule has 1 aromatic rings. The molecule has 0 unspecified atom stereocenters. The number of ether oxygens (including phenoxy) is 1. The topological polar surface area (TPSA) is 66.9 Å². The molecule has 2 amide bonds. The summed E-state index contributed by atoms with van der Waals surface area (Å²) in [7, 11) is 1.80. The summed E-state index contributed by atoms with van der Waals surface area (Å²) in [4.78, 5) is 41.3. The number of benzene rings is 1. The molecule has 2 aliphatic rings. The number of esters is 1. The third-order valence-electron chi connectivity index (χ3n) is 6.23. The minimum Gasteiger partial charge on any atom is -0.452 e. The lowest BCUT2D eigenvalue weighted by Crippen LogP contribution is -2.44. The van der Waals surface area contributed by atoms with Gasteiger partial charge in [-0.1, -0.05) is 44.4 Å². The van der Waals surface area contributed by atoms with Gasteiger partial charge >= 0.3 is 5.97 Å². The Balaban J connectivity index is 1.59. The Morgan fingerprint density at radius 1 is 1.21 bits per heavy atom. The van der Waals surface area contributed by atoms with Gasteiger partial charge in [0, 0.05) is 31.7 Å². The first-order chi connectivity index (χ1) is 13.9. The second-order valence-corrected chi connectivity index (χ2v) is 8.21. The van der Waals surface area contributed by atoms with Crippen LogP contribution in [0.15, 0.2) is 24.3 Å². The van der Waals surface area contributed by atoms with Gasteiger partial charge in [-0.25, -0.2) is 0 Å². The minimum atomic E-state index is -0.832. The standard InChI is InChI=1S/C23H32N2O4/c1-4-17-10-8-9-13-20(17)25-15-18(14-21(25)26)23(28)29-16(2)22(27)24(3)19-11-6-5-7-12-19/h8-10,13,16,18-19H,4-7,11-12,14-15H2,1-3H3/t16-,18+/m0/s1. The summed E-state index contributed by atoms with van der Waals surface area (Å²) in [6.45, 7) is 3.97. The lowest BCUT2D eigenvalue weighted by atomic mass is 9.94. The van der Waals surface area contributed by atoms with Gasteiger partial charge in [0.15, 0.2) is 6.10 Å². The molecule has 0 radical (unpaired) electrons. The summed E-state index contributed by atoms with van der Waals surface area (Å²) >= 11 is 0. The molecule has 0 spiro atoms. The number of likely N-dealkylation sites (N-methyl/N-ethyl adjacent to an activating group) is 1. The van der Waals surface area contributed by atoms with Crippen molar-refractivity contribution in [2.24, 2.45) is 5.92 Å². The lowest BCUT2D eigenvalue weighted by molar-refractivity contribution is -0.162. The molecule has 29 heavy (non-hydrogen) atoms. The van der Waals surface area contributed by atoms with Gasteiger partial charge in [0.25, 0.3) is 5.91 Å². The quantitative estimate of drug-likeness (QED) is 0.687. The van der Waals surface area contributed by atoms with Crippen molar-refractivity contribution in [1.82, 2.24) is 4.90 Å². The molecule has 3 rings (SSSR count). The van der Waals surface area contributed by atoms with Gasteiger partial charge < -0.3 is 14.5 Å². The van der Waals surface area contributed by atoms with Crippen LogP contribution < -0.4 is 4.90 Å². The van der Waals surface area contributed by atoms with Gasteiger partial charge in [0.1, 0.15) is 0 Å². The van der Waals surface area contributed by atoms with Crippen LogP contribution in [-0.4, -0.2) is 48.4 Å². The van der Waals surface area contributed by atoms with Crippen molar-refractivity contribution >= 4 is 23.5 Å². The third kappa shape index (κ3) is 4.80. The number of hydrogen-bond donors (Lipinski definition) is 0. The Labute approximate surface area is 173 Å². The minimum absolute atomic E-state index is 0.0776. The van der Waals surface area contributed by atoms with Crippen LogP contribution in [0.25, 0.3) is 0 Å². The molecule has 0 N–H and O–H groups in total. The highest BCUT2D eigenvalue weighted by Gasteiger charge is 2.38. The maximum Gasteiger partial charge on any atom is 0.312 e. The number of carbonyl (C=O) groups excluding carboxylic acids is 3. The molecule has 2 fully saturated rings. The van der Waals surface area contributed by atoms with E-state index in [0.29, 0.717) is 6.54 Å². The summed E-state index contributed by atoms with van der Waals surface area (Å²) < 4.78 is 5.49. The Morgan fingerprint density at radius 3 is 2.59 bits per heavy atom. The fourth-order valence-corrected chi connectivity index (χ4v) is 4.43. The second-order valence-electron chi connectivity index (χ2n) is 8.21. The van der Waals surface area contributed by atoms with Crippen LogP contribution in [0, 0.1) is 5.92 Å². The molecule has 1 aromatic carbocycles. The number of para-hydroxylation sites is 1. The number of rotatable bonds is 6. The molecule has 0 aromatic heterocycles. The number of amides is 2. The fraction of sp³-hybridized carbons (Fsp3) is 0.609. The Hall–Kier alpha value is -2.37. The third-order valence-corrected chi connectivity index (χ3v) is 6.23. The molecular formula is C23H32N2O4. The summed E-state index contributed by atoms with van der Waals surface area (Å²) in [5.41, 5.74) is 1.93. The first-order valence-electron chi connectivity index (χ1n) is 10.8. The number of nitrogens with zero attached hydrogens (tertiary/aromatic N) is 2. The molecule has 158 valence electrons. The zero-order valence-electron chi connectivity index (χ0n) is 17.7. The SMILES string of the molecule is CCc1ccccc1N1C[C@H](C(=O)O[C@@H](C)C(=O)N(C)C2CCCCC2)CC1=O. The summed E-state index contributed by atoms with van der Waals surface area (Å²) in [5.74, 6) is -1.25. The molecule has 1 saturated heterocycles. The smallest absolute Gasteiger partial charge is 0.312 e. The van der Waals surface area contributed by atoms with Gasteiger partial charge in [-0.2, -0.15) is 0 Å². The van der Waals surface area contributed by atoms with Crippen LogP contribution in [0.5, 0.6) is 0 Å². The monoisotopic (exact) mass is 400 g/mol. The van der Waals surface area contributed by atoms with Crippen molar-refractivity contribution in [3.05, 3.63) is 29.8 Å². The maximum absolute atomic E-state index is 12.7. The zero-order chi connectivity index (χ0) is 21.0. The Morgan fingerprint density at radius 2 is 1.90 bits per heavy atom. The lowest BCUT2D eigenvalue weighted by Gasteiger charge is -2.32. The number of hydrogen-bond acceptors (Lipinski definition) is 4. The predicted molar refractivity (Wildman–Crippen MR) is 111 cm³/mol. The van der Waals surface area contributed by atoms with Crippen molar-refractivity contribution in [2.45, 2.75) is 70.9 Å².